The van der Waals surface area contributed by atoms with Crippen molar-refractivity contribution in [2.24, 2.45) is 28.6 Å². The Balaban J connectivity index is 1.77. The van der Waals surface area contributed by atoms with Crippen molar-refractivity contribution in [1.82, 2.24) is 0 Å². The first-order valence-electron chi connectivity index (χ1n) is 9.81. The second kappa shape index (κ2) is 5.94. The Hall–Kier alpha value is -1.11. The van der Waals surface area contributed by atoms with Gasteiger partial charge in [0, 0.05) is 11.0 Å². The molecule has 5 nitrogen and oxygen atoms in total. The number of carbonyl (C=O) groups is 2. The molecule has 4 rings (SSSR count). The minimum Gasteiger partial charge on any atom is -0.515 e. The van der Waals surface area contributed by atoms with Crippen LogP contribution in [0.5, 0.6) is 0 Å². The molecule has 148 valence electrons. The Kier molecular flexibility index (Phi) is 4.23. The Morgan fingerprint density at radius 3 is 2.67 bits per heavy atom. The molecule has 7 atom stereocenters. The van der Waals surface area contributed by atoms with E-state index in [-0.39, 0.29) is 23.5 Å². The topological polar surface area (TPSA) is 94.8 Å². The Bertz CT molecular complexity index is 773. The molecule has 4 aliphatic rings. The zero-order chi connectivity index (χ0) is 19.8. The fourth-order valence-electron chi connectivity index (χ4n) is 7.14. The van der Waals surface area contributed by atoms with Crippen LogP contribution in [0.1, 0.15) is 52.4 Å². The molecule has 0 aliphatic heterocycles. The molecule has 0 bridgehead atoms. The summed E-state index contributed by atoms with van der Waals surface area (Å²) in [5.74, 6) is 0.0887. The molecule has 4 aliphatic carbocycles. The Morgan fingerprint density at radius 2 is 2.04 bits per heavy atom. The number of carbonyl (C=O) groups excluding carboxylic acids is 2. The van der Waals surface area contributed by atoms with Crippen molar-refractivity contribution in [1.29, 1.82) is 0 Å². The average molecular weight is 393 g/mol. The first-order chi connectivity index (χ1) is 12.6. The monoisotopic (exact) mass is 392 g/mol. The van der Waals surface area contributed by atoms with E-state index in [4.69, 9.17) is 0 Å². The highest BCUT2D eigenvalue weighted by Crippen LogP contribution is 2.67. The minimum absolute atomic E-state index is 0.0593. The van der Waals surface area contributed by atoms with Gasteiger partial charge in [-0.15, -0.1) is 12.6 Å². The number of hydrogen-bond acceptors (Lipinski definition) is 5. The molecular formula is C21H28O5S. The van der Waals surface area contributed by atoms with E-state index < -0.39 is 27.7 Å². The van der Waals surface area contributed by atoms with Gasteiger partial charge >= 0.3 is 0 Å². The third kappa shape index (κ3) is 2.33. The van der Waals surface area contributed by atoms with Crippen LogP contribution in [0.4, 0.5) is 0 Å². The molecule has 0 amide bonds. The van der Waals surface area contributed by atoms with E-state index in [2.05, 4.69) is 19.6 Å². The second-order valence-electron chi connectivity index (χ2n) is 9.51. The van der Waals surface area contributed by atoms with E-state index >= 15 is 0 Å². The normalized spacial score (nSPS) is 50.6. The molecule has 0 aromatic rings. The van der Waals surface area contributed by atoms with Gasteiger partial charge in [-0.2, -0.15) is 0 Å². The zero-order valence-corrected chi connectivity index (χ0v) is 16.7. The largest absolute Gasteiger partial charge is 0.515 e. The van der Waals surface area contributed by atoms with Gasteiger partial charge in [-0.25, -0.2) is 0 Å². The van der Waals surface area contributed by atoms with Crippen molar-refractivity contribution in [2.75, 3.05) is 0 Å². The first-order valence-corrected chi connectivity index (χ1v) is 10.3. The Labute approximate surface area is 164 Å². The summed E-state index contributed by atoms with van der Waals surface area (Å²) in [6, 6.07) is 0. The van der Waals surface area contributed by atoms with Crippen molar-refractivity contribution in [3.63, 3.8) is 0 Å². The standard InChI is InChI=1S/C21H28O5S/c1-19-8-11(10-22)15(23)7-12(19)3-4-13-14-5-6-21(26,18(25)27)20(14,2)9-16(24)17(13)19/h7,10,13-14,16-17,22,24,26H,3-6,8-9H2,1-2H3,(H,25,27)/b11-10-/t13-,14-,16-,17+,19-,20-,21-/m0/s1. The molecule has 0 aromatic heterocycles. The van der Waals surface area contributed by atoms with Gasteiger partial charge in [-0.1, -0.05) is 19.4 Å². The molecule has 3 fully saturated rings. The van der Waals surface area contributed by atoms with Crippen molar-refractivity contribution in [3.8, 4) is 0 Å². The highest BCUT2D eigenvalue weighted by molar-refractivity contribution is 7.96. The summed E-state index contributed by atoms with van der Waals surface area (Å²) < 4.78 is 0. The van der Waals surface area contributed by atoms with Crippen LogP contribution >= 0.6 is 12.6 Å². The summed E-state index contributed by atoms with van der Waals surface area (Å²) in [7, 11) is 0. The van der Waals surface area contributed by atoms with Crippen LogP contribution in [0.2, 0.25) is 0 Å². The van der Waals surface area contributed by atoms with E-state index in [0.717, 1.165) is 31.1 Å². The third-order valence-electron chi connectivity index (χ3n) is 8.51. The number of fused-ring (bicyclic) bond motifs is 5. The van der Waals surface area contributed by atoms with Crippen LogP contribution in [0.25, 0.3) is 0 Å². The molecule has 27 heavy (non-hydrogen) atoms. The second-order valence-corrected chi connectivity index (χ2v) is 9.92. The summed E-state index contributed by atoms with van der Waals surface area (Å²) in [5.41, 5.74) is -1.14. The van der Waals surface area contributed by atoms with Crippen molar-refractivity contribution >= 4 is 23.5 Å². The number of rotatable bonds is 1. The van der Waals surface area contributed by atoms with E-state index in [1.165, 1.54) is 0 Å². The number of aliphatic hydroxyl groups excluding tert-OH is 2. The van der Waals surface area contributed by atoms with Gasteiger partial charge in [-0.3, -0.25) is 9.59 Å². The predicted molar refractivity (Wildman–Crippen MR) is 103 cm³/mol. The van der Waals surface area contributed by atoms with Crippen LogP contribution in [0.3, 0.4) is 0 Å². The SMILES string of the molecule is C[C@]12C/C(=C/O)C(=O)C=C1CC[C@@H]1[C@@H]2[C@@H](O)C[C@@]2(C)[C@H]1CC[C@]2(O)C(=O)S. The number of aliphatic hydroxyl groups is 3. The molecule has 0 radical (unpaired) electrons. The maximum atomic E-state index is 12.2. The number of hydrogen-bond donors (Lipinski definition) is 4. The molecule has 3 saturated carbocycles. The predicted octanol–water partition coefficient (Wildman–Crippen LogP) is 2.73. The maximum absolute atomic E-state index is 12.2. The Morgan fingerprint density at radius 1 is 1.33 bits per heavy atom. The lowest BCUT2D eigenvalue weighted by atomic mass is 9.45. The number of ketones is 1. The summed E-state index contributed by atoms with van der Waals surface area (Å²) in [6.07, 6.45) is 5.36. The molecular weight excluding hydrogens is 364 g/mol. The lowest BCUT2D eigenvalue weighted by Crippen LogP contribution is -2.61. The van der Waals surface area contributed by atoms with Gasteiger partial charge in [0.1, 0.15) is 5.60 Å². The first kappa shape index (κ1) is 19.2. The van der Waals surface area contributed by atoms with Crippen LogP contribution in [-0.4, -0.2) is 37.9 Å². The molecule has 6 heteroatoms. The summed E-state index contributed by atoms with van der Waals surface area (Å²) in [6.45, 7) is 4.01. The number of allylic oxidation sites excluding steroid dienone is 2. The lowest BCUT2D eigenvalue weighted by molar-refractivity contribution is -0.173. The lowest BCUT2D eigenvalue weighted by Gasteiger charge is -2.60. The fraction of sp³-hybridized carbons (Fsp3) is 0.714. The van der Waals surface area contributed by atoms with Crippen molar-refractivity contribution < 1.29 is 24.9 Å². The van der Waals surface area contributed by atoms with Gasteiger partial charge in [0.05, 0.1) is 12.4 Å². The highest BCUT2D eigenvalue weighted by atomic mass is 32.1. The van der Waals surface area contributed by atoms with Gasteiger partial charge in [0.2, 0.25) is 5.12 Å². The third-order valence-corrected chi connectivity index (χ3v) is 8.88. The van der Waals surface area contributed by atoms with Crippen LogP contribution in [0.15, 0.2) is 23.5 Å². The minimum atomic E-state index is -1.50. The molecule has 0 spiro atoms. The summed E-state index contributed by atoms with van der Waals surface area (Å²) >= 11 is 3.97. The van der Waals surface area contributed by atoms with E-state index in [0.29, 0.717) is 24.8 Å². The molecule has 0 heterocycles. The zero-order valence-electron chi connectivity index (χ0n) is 15.8. The smallest absolute Gasteiger partial charge is 0.218 e. The maximum Gasteiger partial charge on any atom is 0.218 e. The van der Waals surface area contributed by atoms with Gasteiger partial charge in [0.15, 0.2) is 5.78 Å². The fourth-order valence-corrected chi connectivity index (χ4v) is 7.51. The molecule has 0 unspecified atom stereocenters. The van der Waals surface area contributed by atoms with Crippen LogP contribution in [-0.2, 0) is 9.59 Å². The summed E-state index contributed by atoms with van der Waals surface area (Å²) in [5, 5.41) is 31.3. The van der Waals surface area contributed by atoms with E-state index in [1.807, 2.05) is 6.92 Å². The molecule has 0 aromatic carbocycles. The molecule has 3 N–H and O–H groups in total. The highest BCUT2D eigenvalue weighted by Gasteiger charge is 2.68. The quantitative estimate of drug-likeness (QED) is 0.313. The van der Waals surface area contributed by atoms with Gasteiger partial charge in [-0.05, 0) is 67.8 Å². The summed E-state index contributed by atoms with van der Waals surface area (Å²) in [4.78, 5) is 24.4. The van der Waals surface area contributed by atoms with E-state index in [1.54, 1.807) is 6.08 Å². The van der Waals surface area contributed by atoms with Crippen molar-refractivity contribution in [3.05, 3.63) is 23.5 Å². The van der Waals surface area contributed by atoms with Crippen LogP contribution in [0, 0.1) is 28.6 Å². The number of thiol groups is 1. The molecule has 0 saturated heterocycles. The van der Waals surface area contributed by atoms with Crippen LogP contribution < -0.4 is 0 Å². The van der Waals surface area contributed by atoms with Gasteiger partial charge < -0.3 is 15.3 Å². The average Bonchev–Trinajstić information content (AvgIpc) is 2.87. The van der Waals surface area contributed by atoms with Crippen molar-refractivity contribution in [2.45, 2.75) is 64.1 Å². The van der Waals surface area contributed by atoms with E-state index in [9.17, 15) is 24.9 Å². The van der Waals surface area contributed by atoms with Gasteiger partial charge in [0.25, 0.3) is 0 Å².